The van der Waals surface area contributed by atoms with Crippen LogP contribution in [0.4, 0.5) is 4.79 Å². The van der Waals surface area contributed by atoms with Crippen LogP contribution in [0, 0.1) is 0 Å². The normalized spacial score (nSPS) is 18.2. The van der Waals surface area contributed by atoms with Crippen molar-refractivity contribution in [1.82, 2.24) is 4.90 Å². The van der Waals surface area contributed by atoms with E-state index in [9.17, 15) is 4.79 Å². The van der Waals surface area contributed by atoms with Crippen LogP contribution in [0.5, 0.6) is 0 Å². The minimum atomic E-state index is -0.474. The molecule has 1 rings (SSSR count). The van der Waals surface area contributed by atoms with Crippen LogP contribution in [0.15, 0.2) is 16.4 Å². The molecular formula is C14H24N2O2. The number of hydrogen-bond acceptors (Lipinski definition) is 3. The molecule has 0 saturated carbocycles. The average molecular weight is 252 g/mol. The third-order valence-electron chi connectivity index (χ3n) is 2.69. The topological polar surface area (TPSA) is 41.9 Å². The summed E-state index contributed by atoms with van der Waals surface area (Å²) in [6.45, 7) is 10.2. The summed E-state index contributed by atoms with van der Waals surface area (Å²) < 4.78 is 5.44. The van der Waals surface area contributed by atoms with Crippen LogP contribution < -0.4 is 0 Å². The number of amides is 1. The molecule has 0 saturated heterocycles. The highest BCUT2D eigenvalue weighted by molar-refractivity contribution is 5.71. The van der Waals surface area contributed by atoms with Crippen LogP contribution in [0.1, 0.15) is 53.9 Å². The number of rotatable bonds is 1. The Bertz CT molecular complexity index is 364. The molecule has 4 nitrogen and oxygen atoms in total. The Balaban J connectivity index is 2.95. The van der Waals surface area contributed by atoms with Gasteiger partial charge in [0.25, 0.3) is 0 Å². The van der Waals surface area contributed by atoms with Gasteiger partial charge in [0.15, 0.2) is 0 Å². The van der Waals surface area contributed by atoms with E-state index in [4.69, 9.17) is 4.74 Å². The Labute approximate surface area is 110 Å². The molecule has 0 atom stereocenters. The molecule has 1 heterocycles. The van der Waals surface area contributed by atoms with Gasteiger partial charge in [-0.3, -0.25) is 4.90 Å². The van der Waals surface area contributed by atoms with E-state index >= 15 is 0 Å². The van der Waals surface area contributed by atoms with E-state index in [1.807, 2.05) is 34.6 Å². The summed E-state index contributed by atoms with van der Waals surface area (Å²) in [5.41, 5.74) is 0.676. The molecule has 4 heteroatoms. The number of ether oxygens (including phenoxy) is 1. The molecule has 102 valence electrons. The lowest BCUT2D eigenvalue weighted by Crippen LogP contribution is -2.36. The molecule has 0 aromatic carbocycles. The Hall–Kier alpha value is -1.32. The molecular weight excluding hydrogens is 228 g/mol. The van der Waals surface area contributed by atoms with E-state index in [2.05, 4.69) is 4.99 Å². The molecule has 1 aliphatic rings. The maximum absolute atomic E-state index is 12.2. The Morgan fingerprint density at radius 3 is 2.61 bits per heavy atom. The van der Waals surface area contributed by atoms with Crippen molar-refractivity contribution in [2.75, 3.05) is 6.54 Å². The van der Waals surface area contributed by atoms with Gasteiger partial charge in [-0.25, -0.2) is 9.79 Å². The van der Waals surface area contributed by atoms with E-state index in [0.717, 1.165) is 30.7 Å². The van der Waals surface area contributed by atoms with Crippen LogP contribution in [0.3, 0.4) is 0 Å². The largest absolute Gasteiger partial charge is 0.443 e. The van der Waals surface area contributed by atoms with E-state index in [0.29, 0.717) is 6.54 Å². The fourth-order valence-corrected chi connectivity index (χ4v) is 1.91. The lowest BCUT2D eigenvalue weighted by molar-refractivity contribution is 0.0311. The molecule has 0 spiro atoms. The van der Waals surface area contributed by atoms with Gasteiger partial charge in [0.2, 0.25) is 0 Å². The molecule has 0 bridgehead atoms. The van der Waals surface area contributed by atoms with E-state index < -0.39 is 5.60 Å². The summed E-state index contributed by atoms with van der Waals surface area (Å²) in [6.07, 6.45) is 4.49. The van der Waals surface area contributed by atoms with Crippen molar-refractivity contribution >= 4 is 12.3 Å². The van der Waals surface area contributed by atoms with E-state index in [1.54, 1.807) is 11.1 Å². The van der Waals surface area contributed by atoms with E-state index in [1.165, 1.54) is 0 Å². The number of nitrogens with zero attached hydrogens (tertiary/aromatic N) is 2. The predicted molar refractivity (Wildman–Crippen MR) is 73.7 cm³/mol. The minimum Gasteiger partial charge on any atom is -0.443 e. The lowest BCUT2D eigenvalue weighted by atomic mass is 10.1. The maximum Gasteiger partial charge on any atom is 0.415 e. The fraction of sp³-hybridized carbons (Fsp3) is 0.714. The van der Waals surface area contributed by atoms with Gasteiger partial charge in [-0.2, -0.15) is 0 Å². The van der Waals surface area contributed by atoms with Crippen molar-refractivity contribution < 1.29 is 9.53 Å². The second-order valence-electron chi connectivity index (χ2n) is 5.58. The number of aliphatic imine (C=N–C) groups is 1. The van der Waals surface area contributed by atoms with Gasteiger partial charge >= 0.3 is 6.09 Å². The second kappa shape index (κ2) is 6.03. The van der Waals surface area contributed by atoms with Gasteiger partial charge in [-0.15, -0.1) is 0 Å². The standard InChI is InChI=1S/C14H24N2O2/c1-6-15-12-11(2)9-7-8-10-16(12)13(17)18-14(3,4)5/h6H,7-10H2,1-5H3/b15-6-. The summed E-state index contributed by atoms with van der Waals surface area (Å²) in [6, 6.07) is 0. The first kappa shape index (κ1) is 14.7. The molecule has 1 aliphatic heterocycles. The third-order valence-corrected chi connectivity index (χ3v) is 2.69. The first-order chi connectivity index (χ1) is 8.35. The van der Waals surface area contributed by atoms with Crippen LogP contribution >= 0.6 is 0 Å². The molecule has 0 aromatic heterocycles. The van der Waals surface area contributed by atoms with Gasteiger partial charge in [0.05, 0.1) is 0 Å². The summed E-state index contributed by atoms with van der Waals surface area (Å²) in [7, 11) is 0. The van der Waals surface area contributed by atoms with Crippen LogP contribution in [0.25, 0.3) is 0 Å². The van der Waals surface area contributed by atoms with Gasteiger partial charge < -0.3 is 4.74 Å². The zero-order valence-corrected chi connectivity index (χ0v) is 12.1. The number of allylic oxidation sites excluding steroid dienone is 1. The molecule has 18 heavy (non-hydrogen) atoms. The molecule has 0 aromatic rings. The summed E-state index contributed by atoms with van der Waals surface area (Å²) in [5, 5.41) is 0. The Morgan fingerprint density at radius 1 is 1.39 bits per heavy atom. The first-order valence-corrected chi connectivity index (χ1v) is 6.54. The first-order valence-electron chi connectivity index (χ1n) is 6.54. The zero-order chi connectivity index (χ0) is 13.8. The van der Waals surface area contributed by atoms with Crippen LogP contribution in [0.2, 0.25) is 0 Å². The fourth-order valence-electron chi connectivity index (χ4n) is 1.91. The molecule has 0 unspecified atom stereocenters. The number of carbonyl (C=O) groups is 1. The highest BCUT2D eigenvalue weighted by atomic mass is 16.6. The molecule has 0 N–H and O–H groups in total. The van der Waals surface area contributed by atoms with Crippen LogP contribution in [-0.4, -0.2) is 29.4 Å². The summed E-state index contributed by atoms with van der Waals surface area (Å²) in [5.74, 6) is 0.754. The monoisotopic (exact) mass is 252 g/mol. The van der Waals surface area contributed by atoms with Gasteiger partial charge in [-0.1, -0.05) is 0 Å². The van der Waals surface area contributed by atoms with Crippen molar-refractivity contribution in [1.29, 1.82) is 0 Å². The molecule has 1 amide bonds. The van der Waals surface area contributed by atoms with E-state index in [-0.39, 0.29) is 6.09 Å². The van der Waals surface area contributed by atoms with Crippen molar-refractivity contribution in [3.63, 3.8) is 0 Å². The third kappa shape index (κ3) is 4.17. The number of hydrogen-bond donors (Lipinski definition) is 0. The van der Waals surface area contributed by atoms with Gasteiger partial charge in [0, 0.05) is 12.8 Å². The Morgan fingerprint density at radius 2 is 2.06 bits per heavy atom. The smallest absolute Gasteiger partial charge is 0.415 e. The molecule has 0 radical (unpaired) electrons. The highest BCUT2D eigenvalue weighted by Crippen LogP contribution is 2.24. The van der Waals surface area contributed by atoms with Crippen molar-refractivity contribution in [3.05, 3.63) is 11.4 Å². The molecule has 0 aliphatic carbocycles. The van der Waals surface area contributed by atoms with Gasteiger partial charge in [-0.05, 0) is 59.5 Å². The van der Waals surface area contributed by atoms with Crippen molar-refractivity contribution in [2.24, 2.45) is 4.99 Å². The zero-order valence-electron chi connectivity index (χ0n) is 12.1. The summed E-state index contributed by atoms with van der Waals surface area (Å²) in [4.78, 5) is 18.2. The molecule has 0 fully saturated rings. The van der Waals surface area contributed by atoms with Crippen molar-refractivity contribution in [3.8, 4) is 0 Å². The van der Waals surface area contributed by atoms with Crippen molar-refractivity contribution in [2.45, 2.75) is 59.5 Å². The maximum atomic E-state index is 12.2. The quantitative estimate of drug-likeness (QED) is 0.667. The number of carbonyl (C=O) groups excluding carboxylic acids is 1. The lowest BCUT2D eigenvalue weighted by Gasteiger charge is -2.27. The summed E-state index contributed by atoms with van der Waals surface area (Å²) >= 11 is 0. The van der Waals surface area contributed by atoms with Gasteiger partial charge in [0.1, 0.15) is 11.4 Å². The average Bonchev–Trinajstić information content (AvgIpc) is 2.40. The minimum absolute atomic E-state index is 0.302. The second-order valence-corrected chi connectivity index (χ2v) is 5.58. The van der Waals surface area contributed by atoms with Crippen LogP contribution in [-0.2, 0) is 4.74 Å². The highest BCUT2D eigenvalue weighted by Gasteiger charge is 2.26. The predicted octanol–water partition coefficient (Wildman–Crippen LogP) is 3.73. The Kier molecular flexibility index (Phi) is 4.93. The SMILES string of the molecule is C/C=N\C1=C(C)CCCCN1C(=O)OC(C)(C)C.